The van der Waals surface area contributed by atoms with Crippen LogP contribution in [-0.2, 0) is 16.9 Å². The molecule has 4 nitrogen and oxygen atoms in total. The molecule has 1 heterocycles. The van der Waals surface area contributed by atoms with E-state index in [-0.39, 0.29) is 12.0 Å². The summed E-state index contributed by atoms with van der Waals surface area (Å²) in [5.41, 5.74) is -2.12. The molecule has 8 heteroatoms. The van der Waals surface area contributed by atoms with Gasteiger partial charge in [0.25, 0.3) is 0 Å². The average Bonchev–Trinajstić information content (AvgIpc) is 2.97. The number of aryl methyl sites for hydroxylation is 1. The van der Waals surface area contributed by atoms with Crippen molar-refractivity contribution in [2.45, 2.75) is 31.7 Å². The van der Waals surface area contributed by atoms with Crippen LogP contribution in [-0.4, -0.2) is 27.9 Å². The molecular formula is C19H16F4N2O2. The Morgan fingerprint density at radius 1 is 1.15 bits per heavy atom. The number of halogens is 4. The van der Waals surface area contributed by atoms with E-state index in [0.717, 1.165) is 29.8 Å². The summed E-state index contributed by atoms with van der Waals surface area (Å²) in [4.78, 5) is 12.6. The number of rotatable bonds is 3. The Labute approximate surface area is 152 Å². The third-order valence-electron chi connectivity index (χ3n) is 4.33. The second kappa shape index (κ2) is 6.77. The Balaban J connectivity index is 1.96. The molecule has 1 aliphatic heterocycles. The SMILES string of the molecule is Cc1ccc(CC(=O)N2N=C(C(F)(F)F)C[C@@]2(O)c2ccc(F)cc2)cc1. The van der Waals surface area contributed by atoms with E-state index in [4.69, 9.17) is 0 Å². The number of alkyl halides is 3. The lowest BCUT2D eigenvalue weighted by atomic mass is 9.96. The fourth-order valence-electron chi connectivity index (χ4n) is 2.86. The van der Waals surface area contributed by atoms with Crippen molar-refractivity contribution in [3.05, 3.63) is 71.0 Å². The number of carbonyl (C=O) groups excluding carboxylic acids is 1. The Morgan fingerprint density at radius 2 is 1.74 bits per heavy atom. The van der Waals surface area contributed by atoms with Crippen molar-refractivity contribution >= 4 is 11.6 Å². The standard InChI is InChI=1S/C19H16F4N2O2/c1-12-2-4-13(5-3-12)10-17(26)25-18(27,11-16(24-25)19(21,22)23)14-6-8-15(20)9-7-14/h2-9,27H,10-11H2,1H3/t18-/m1/s1. The van der Waals surface area contributed by atoms with Crippen molar-refractivity contribution in [3.63, 3.8) is 0 Å². The summed E-state index contributed by atoms with van der Waals surface area (Å²) in [5.74, 6) is -1.42. The van der Waals surface area contributed by atoms with Gasteiger partial charge in [0.15, 0.2) is 5.72 Å². The lowest BCUT2D eigenvalue weighted by molar-refractivity contribution is -0.157. The number of carbonyl (C=O) groups is 1. The molecule has 1 atom stereocenters. The Kier molecular flexibility index (Phi) is 4.77. The predicted octanol–water partition coefficient (Wildman–Crippen LogP) is 3.67. The van der Waals surface area contributed by atoms with Crippen LogP contribution in [0.2, 0.25) is 0 Å². The lowest BCUT2D eigenvalue weighted by Gasteiger charge is -2.31. The summed E-state index contributed by atoms with van der Waals surface area (Å²) in [6, 6.07) is 11.2. The molecule has 1 N–H and O–H groups in total. The van der Waals surface area contributed by atoms with Crippen LogP contribution in [0.5, 0.6) is 0 Å². The van der Waals surface area contributed by atoms with E-state index in [0.29, 0.717) is 10.6 Å². The summed E-state index contributed by atoms with van der Waals surface area (Å²) in [5, 5.41) is 14.7. The molecule has 1 amide bonds. The van der Waals surface area contributed by atoms with E-state index in [2.05, 4.69) is 5.10 Å². The molecule has 0 spiro atoms. The summed E-state index contributed by atoms with van der Waals surface area (Å²) < 4.78 is 52.6. The fourth-order valence-corrected chi connectivity index (χ4v) is 2.86. The largest absolute Gasteiger partial charge is 0.431 e. The highest BCUT2D eigenvalue weighted by molar-refractivity contribution is 5.95. The number of nitrogens with zero attached hydrogens (tertiary/aromatic N) is 2. The molecule has 1 aliphatic rings. The number of amides is 1. The van der Waals surface area contributed by atoms with Gasteiger partial charge in [0.2, 0.25) is 5.91 Å². The number of aliphatic hydroxyl groups is 1. The van der Waals surface area contributed by atoms with Gasteiger partial charge in [-0.1, -0.05) is 42.0 Å². The van der Waals surface area contributed by atoms with Gasteiger partial charge in [-0.2, -0.15) is 23.3 Å². The minimum Gasteiger partial charge on any atom is -0.365 e. The third kappa shape index (κ3) is 3.85. The fraction of sp³-hybridized carbons (Fsp3) is 0.263. The van der Waals surface area contributed by atoms with E-state index in [1.54, 1.807) is 24.3 Å². The molecule has 0 fully saturated rings. The quantitative estimate of drug-likeness (QED) is 0.826. The zero-order valence-electron chi connectivity index (χ0n) is 14.3. The van der Waals surface area contributed by atoms with Crippen LogP contribution in [0.15, 0.2) is 53.6 Å². The second-order valence-corrected chi connectivity index (χ2v) is 6.41. The summed E-state index contributed by atoms with van der Waals surface area (Å²) in [6.45, 7) is 1.86. The van der Waals surface area contributed by atoms with E-state index < -0.39 is 35.8 Å². The molecule has 0 aliphatic carbocycles. The van der Waals surface area contributed by atoms with E-state index in [9.17, 15) is 27.5 Å². The van der Waals surface area contributed by atoms with Crippen LogP contribution in [0, 0.1) is 12.7 Å². The average molecular weight is 380 g/mol. The van der Waals surface area contributed by atoms with Gasteiger partial charge in [0.05, 0.1) is 12.8 Å². The number of hydrogen-bond acceptors (Lipinski definition) is 3. The van der Waals surface area contributed by atoms with Gasteiger partial charge >= 0.3 is 6.18 Å². The maximum Gasteiger partial charge on any atom is 0.431 e. The Morgan fingerprint density at radius 3 is 2.30 bits per heavy atom. The molecule has 0 radical (unpaired) electrons. The first-order chi connectivity index (χ1) is 12.6. The molecule has 2 aromatic rings. The van der Waals surface area contributed by atoms with Crippen molar-refractivity contribution in [2.75, 3.05) is 0 Å². The van der Waals surface area contributed by atoms with Gasteiger partial charge < -0.3 is 5.11 Å². The normalized spacial score (nSPS) is 19.9. The van der Waals surface area contributed by atoms with E-state index >= 15 is 0 Å². The summed E-state index contributed by atoms with van der Waals surface area (Å²) in [7, 11) is 0. The second-order valence-electron chi connectivity index (χ2n) is 6.41. The van der Waals surface area contributed by atoms with Crippen LogP contribution in [0.4, 0.5) is 17.6 Å². The number of hydrazone groups is 1. The Hall–Kier alpha value is -2.74. The number of benzene rings is 2. The van der Waals surface area contributed by atoms with Crippen molar-refractivity contribution in [3.8, 4) is 0 Å². The first-order valence-electron chi connectivity index (χ1n) is 8.11. The molecule has 3 rings (SSSR count). The third-order valence-corrected chi connectivity index (χ3v) is 4.33. The topological polar surface area (TPSA) is 52.9 Å². The van der Waals surface area contributed by atoms with Crippen molar-refractivity contribution in [1.82, 2.24) is 5.01 Å². The molecule has 2 aromatic carbocycles. The van der Waals surface area contributed by atoms with Crippen LogP contribution in [0.3, 0.4) is 0 Å². The minimum atomic E-state index is -4.80. The van der Waals surface area contributed by atoms with Crippen LogP contribution in [0.25, 0.3) is 0 Å². The van der Waals surface area contributed by atoms with E-state index in [1.807, 2.05) is 6.92 Å². The molecule has 0 saturated heterocycles. The van der Waals surface area contributed by atoms with Gasteiger partial charge in [0, 0.05) is 5.56 Å². The highest BCUT2D eigenvalue weighted by Gasteiger charge is 2.52. The van der Waals surface area contributed by atoms with Gasteiger partial charge in [0.1, 0.15) is 11.5 Å². The first kappa shape index (κ1) is 19.0. The predicted molar refractivity (Wildman–Crippen MR) is 90.1 cm³/mol. The maximum atomic E-state index is 13.2. The molecular weight excluding hydrogens is 364 g/mol. The van der Waals surface area contributed by atoms with Crippen LogP contribution in [0.1, 0.15) is 23.1 Å². The van der Waals surface area contributed by atoms with Gasteiger partial charge in [-0.25, -0.2) is 4.39 Å². The monoisotopic (exact) mass is 380 g/mol. The van der Waals surface area contributed by atoms with Gasteiger partial charge in [-0.15, -0.1) is 0 Å². The summed E-state index contributed by atoms with van der Waals surface area (Å²) >= 11 is 0. The van der Waals surface area contributed by atoms with E-state index in [1.165, 1.54) is 0 Å². The van der Waals surface area contributed by atoms with Crippen molar-refractivity contribution in [1.29, 1.82) is 0 Å². The highest BCUT2D eigenvalue weighted by Crippen LogP contribution is 2.40. The number of hydrogen-bond donors (Lipinski definition) is 1. The minimum absolute atomic E-state index is 0.0517. The zero-order valence-corrected chi connectivity index (χ0v) is 14.3. The molecule has 0 aromatic heterocycles. The van der Waals surface area contributed by atoms with Crippen molar-refractivity contribution in [2.24, 2.45) is 5.10 Å². The smallest absolute Gasteiger partial charge is 0.365 e. The van der Waals surface area contributed by atoms with Crippen molar-refractivity contribution < 1.29 is 27.5 Å². The lowest BCUT2D eigenvalue weighted by Crippen LogP contribution is -2.44. The Bertz CT molecular complexity index is 876. The maximum absolute atomic E-state index is 13.2. The highest BCUT2D eigenvalue weighted by atomic mass is 19.4. The first-order valence-corrected chi connectivity index (χ1v) is 8.11. The van der Waals surface area contributed by atoms with Crippen LogP contribution < -0.4 is 0 Å². The van der Waals surface area contributed by atoms with Crippen LogP contribution >= 0.6 is 0 Å². The molecule has 0 bridgehead atoms. The summed E-state index contributed by atoms with van der Waals surface area (Å²) in [6.07, 6.45) is -5.97. The molecule has 27 heavy (non-hydrogen) atoms. The zero-order chi connectivity index (χ0) is 19.8. The molecule has 142 valence electrons. The van der Waals surface area contributed by atoms with Gasteiger partial charge in [-0.05, 0) is 24.6 Å². The molecule has 0 unspecified atom stereocenters. The molecule has 0 saturated carbocycles. The van der Waals surface area contributed by atoms with Gasteiger partial charge in [-0.3, -0.25) is 4.79 Å².